The van der Waals surface area contributed by atoms with E-state index in [0.29, 0.717) is 6.04 Å². The van der Waals surface area contributed by atoms with Crippen LogP contribution in [-0.2, 0) is 6.54 Å². The quantitative estimate of drug-likeness (QED) is 0.864. The van der Waals surface area contributed by atoms with E-state index in [-0.39, 0.29) is 0 Å². The topological polar surface area (TPSA) is 29.3 Å². The van der Waals surface area contributed by atoms with Crippen LogP contribution in [0.5, 0.6) is 0 Å². The lowest BCUT2D eigenvalue weighted by Crippen LogP contribution is -2.34. The lowest BCUT2D eigenvalue weighted by Gasteiger charge is -2.22. The molecule has 1 aliphatic carbocycles. The lowest BCUT2D eigenvalue weighted by atomic mass is 9.97. The second-order valence-corrected chi connectivity index (χ2v) is 7.45. The minimum atomic E-state index is 0.669. The monoisotopic (exact) mass is 291 g/mol. The zero-order valence-electron chi connectivity index (χ0n) is 12.8. The van der Waals surface area contributed by atoms with E-state index in [1.165, 1.54) is 48.4 Å². The number of nitrogens with zero attached hydrogens (tertiary/aromatic N) is 2. The van der Waals surface area contributed by atoms with E-state index in [4.69, 9.17) is 0 Å². The van der Waals surface area contributed by atoms with Crippen LogP contribution >= 0.6 is 11.3 Å². The molecular formula is C16H25N3S. The van der Waals surface area contributed by atoms with Crippen molar-refractivity contribution in [1.29, 1.82) is 0 Å². The zero-order chi connectivity index (χ0) is 14.1. The molecule has 0 amide bonds. The summed E-state index contributed by atoms with van der Waals surface area (Å²) in [6.45, 7) is 7.62. The molecule has 2 unspecified atom stereocenters. The molecule has 1 N–H and O–H groups in total. The van der Waals surface area contributed by atoms with Gasteiger partial charge in [0.15, 0.2) is 4.96 Å². The molecule has 0 spiro atoms. The molecule has 2 atom stereocenters. The number of aryl methyl sites for hydroxylation is 2. The predicted molar refractivity (Wildman–Crippen MR) is 85.4 cm³/mol. The van der Waals surface area contributed by atoms with Crippen LogP contribution in [0, 0.1) is 19.8 Å². The fraction of sp³-hybridized carbons (Fsp3) is 0.688. The summed E-state index contributed by atoms with van der Waals surface area (Å²) < 4.78 is 2.27. The van der Waals surface area contributed by atoms with Crippen molar-refractivity contribution < 1.29 is 0 Å². The largest absolute Gasteiger partial charge is 0.308 e. The number of imidazole rings is 1. The Labute approximate surface area is 125 Å². The highest BCUT2D eigenvalue weighted by Gasteiger charge is 2.20. The fourth-order valence-corrected chi connectivity index (χ4v) is 4.24. The van der Waals surface area contributed by atoms with Gasteiger partial charge in [0.1, 0.15) is 0 Å². The van der Waals surface area contributed by atoms with E-state index in [2.05, 4.69) is 41.7 Å². The zero-order valence-corrected chi connectivity index (χ0v) is 13.6. The Morgan fingerprint density at radius 1 is 1.30 bits per heavy atom. The number of thiazole rings is 1. The third-order valence-corrected chi connectivity index (χ3v) is 5.53. The van der Waals surface area contributed by atoms with Crippen LogP contribution in [0.4, 0.5) is 0 Å². The fourth-order valence-electron chi connectivity index (χ4n) is 3.35. The maximum absolute atomic E-state index is 4.68. The molecule has 1 aliphatic rings. The van der Waals surface area contributed by atoms with E-state index >= 15 is 0 Å². The van der Waals surface area contributed by atoms with Gasteiger partial charge in [-0.25, -0.2) is 4.98 Å². The molecule has 3 rings (SSSR count). The number of rotatable bonds is 3. The van der Waals surface area contributed by atoms with E-state index in [0.717, 1.165) is 17.4 Å². The molecule has 1 saturated carbocycles. The summed E-state index contributed by atoms with van der Waals surface area (Å²) in [5, 5.41) is 3.80. The van der Waals surface area contributed by atoms with Gasteiger partial charge in [-0.05, 0) is 32.6 Å². The standard InChI is InChI=1S/C16H25N3S/c1-11-7-5-4-6-8-14(11)17-9-15-13(3)18-16-19(15)10-12(2)20-16/h10-11,14,17H,4-9H2,1-3H3. The highest BCUT2D eigenvalue weighted by molar-refractivity contribution is 7.17. The maximum Gasteiger partial charge on any atom is 0.194 e. The second kappa shape index (κ2) is 5.86. The summed E-state index contributed by atoms with van der Waals surface area (Å²) in [5.74, 6) is 0.797. The molecule has 3 nitrogen and oxygen atoms in total. The van der Waals surface area contributed by atoms with E-state index < -0.39 is 0 Å². The van der Waals surface area contributed by atoms with Gasteiger partial charge in [0.25, 0.3) is 0 Å². The van der Waals surface area contributed by atoms with Crippen LogP contribution < -0.4 is 5.32 Å². The van der Waals surface area contributed by atoms with Gasteiger partial charge in [0.2, 0.25) is 0 Å². The first-order valence-corrected chi connectivity index (χ1v) is 8.64. The van der Waals surface area contributed by atoms with Gasteiger partial charge in [-0.15, -0.1) is 11.3 Å². The van der Waals surface area contributed by atoms with Crippen LogP contribution in [0.25, 0.3) is 4.96 Å². The maximum atomic E-state index is 4.68. The van der Waals surface area contributed by atoms with Crippen molar-refractivity contribution in [2.75, 3.05) is 0 Å². The molecule has 0 aromatic carbocycles. The Kier molecular flexibility index (Phi) is 4.13. The van der Waals surface area contributed by atoms with Gasteiger partial charge in [0.05, 0.1) is 11.4 Å². The average molecular weight is 291 g/mol. The summed E-state index contributed by atoms with van der Waals surface area (Å²) in [7, 11) is 0. The Balaban J connectivity index is 1.74. The number of hydrogen-bond donors (Lipinski definition) is 1. The molecule has 0 bridgehead atoms. The summed E-state index contributed by atoms with van der Waals surface area (Å²) in [6, 6.07) is 0.669. The van der Waals surface area contributed by atoms with Crippen molar-refractivity contribution in [1.82, 2.24) is 14.7 Å². The van der Waals surface area contributed by atoms with E-state index in [1.54, 1.807) is 11.3 Å². The Morgan fingerprint density at radius 3 is 2.95 bits per heavy atom. The van der Waals surface area contributed by atoms with Gasteiger partial charge < -0.3 is 5.32 Å². The molecule has 0 aliphatic heterocycles. The number of aromatic nitrogens is 2. The predicted octanol–water partition coefficient (Wildman–Crippen LogP) is 4.07. The molecular weight excluding hydrogens is 266 g/mol. The van der Waals surface area contributed by atoms with Crippen molar-refractivity contribution in [3.8, 4) is 0 Å². The molecule has 2 heterocycles. The molecule has 1 fully saturated rings. The summed E-state index contributed by atoms with van der Waals surface area (Å²) >= 11 is 1.78. The highest BCUT2D eigenvalue weighted by atomic mass is 32.1. The summed E-state index contributed by atoms with van der Waals surface area (Å²) in [6.07, 6.45) is 9.09. The van der Waals surface area contributed by atoms with Gasteiger partial charge in [-0.1, -0.05) is 26.2 Å². The number of hydrogen-bond acceptors (Lipinski definition) is 3. The lowest BCUT2D eigenvalue weighted by molar-refractivity contribution is 0.354. The minimum Gasteiger partial charge on any atom is -0.308 e. The minimum absolute atomic E-state index is 0.669. The number of nitrogens with one attached hydrogen (secondary N) is 1. The molecule has 110 valence electrons. The highest BCUT2D eigenvalue weighted by Crippen LogP contribution is 2.24. The average Bonchev–Trinajstić information content (AvgIpc) is 2.78. The third-order valence-electron chi connectivity index (χ3n) is 4.63. The van der Waals surface area contributed by atoms with Crippen LogP contribution in [0.2, 0.25) is 0 Å². The van der Waals surface area contributed by atoms with Crippen molar-refractivity contribution in [2.24, 2.45) is 5.92 Å². The molecule has 0 radical (unpaired) electrons. The smallest absolute Gasteiger partial charge is 0.194 e. The van der Waals surface area contributed by atoms with Crippen molar-refractivity contribution in [3.63, 3.8) is 0 Å². The third kappa shape index (κ3) is 2.77. The first-order valence-electron chi connectivity index (χ1n) is 7.82. The second-order valence-electron chi connectivity index (χ2n) is 6.24. The van der Waals surface area contributed by atoms with Crippen molar-refractivity contribution in [2.45, 2.75) is 65.5 Å². The van der Waals surface area contributed by atoms with Gasteiger partial charge >= 0.3 is 0 Å². The van der Waals surface area contributed by atoms with Gasteiger partial charge in [-0.3, -0.25) is 4.40 Å². The first kappa shape index (κ1) is 14.1. The molecule has 2 aromatic rings. The van der Waals surface area contributed by atoms with Crippen LogP contribution in [0.15, 0.2) is 6.20 Å². The molecule has 20 heavy (non-hydrogen) atoms. The summed E-state index contributed by atoms with van der Waals surface area (Å²) in [5.41, 5.74) is 2.51. The Morgan fingerprint density at radius 2 is 2.10 bits per heavy atom. The normalized spacial score (nSPS) is 24.1. The van der Waals surface area contributed by atoms with E-state index in [1.807, 2.05) is 0 Å². The number of fused-ring (bicyclic) bond motifs is 1. The van der Waals surface area contributed by atoms with E-state index in [9.17, 15) is 0 Å². The van der Waals surface area contributed by atoms with Gasteiger partial charge in [-0.2, -0.15) is 0 Å². The van der Waals surface area contributed by atoms with Gasteiger partial charge in [0, 0.05) is 23.7 Å². The van der Waals surface area contributed by atoms with Crippen LogP contribution in [-0.4, -0.2) is 15.4 Å². The van der Waals surface area contributed by atoms with Crippen molar-refractivity contribution in [3.05, 3.63) is 22.5 Å². The van der Waals surface area contributed by atoms with Crippen LogP contribution in [0.3, 0.4) is 0 Å². The molecule has 2 aromatic heterocycles. The Bertz CT molecular complexity index is 584. The summed E-state index contributed by atoms with van der Waals surface area (Å²) in [4.78, 5) is 7.14. The van der Waals surface area contributed by atoms with Crippen LogP contribution in [0.1, 0.15) is 55.3 Å². The van der Waals surface area contributed by atoms with Crippen molar-refractivity contribution >= 4 is 16.3 Å². The Hall–Kier alpha value is -0.870. The first-order chi connectivity index (χ1) is 9.65. The molecule has 0 saturated heterocycles. The SMILES string of the molecule is Cc1cn2c(CNC3CCCCCC3C)c(C)nc2s1. The molecule has 4 heteroatoms.